The molecule has 1 amide bonds. The van der Waals surface area contributed by atoms with Crippen LogP contribution in [-0.4, -0.2) is 40.5 Å². The lowest BCUT2D eigenvalue weighted by Crippen LogP contribution is -2.38. The van der Waals surface area contributed by atoms with Crippen molar-refractivity contribution in [3.63, 3.8) is 0 Å². The molecular weight excluding hydrogens is 304 g/mol. The van der Waals surface area contributed by atoms with E-state index in [2.05, 4.69) is 31.0 Å². The van der Waals surface area contributed by atoms with Crippen LogP contribution in [-0.2, 0) is 15.0 Å². The summed E-state index contributed by atoms with van der Waals surface area (Å²) in [4.78, 5) is 25.7. The number of fused-ring (bicyclic) bond motifs is 2. The van der Waals surface area contributed by atoms with Gasteiger partial charge in [0.15, 0.2) is 0 Å². The van der Waals surface area contributed by atoms with E-state index < -0.39 is 5.97 Å². The van der Waals surface area contributed by atoms with E-state index in [0.29, 0.717) is 6.42 Å². The maximum absolute atomic E-state index is 12.3. The van der Waals surface area contributed by atoms with Gasteiger partial charge in [0.1, 0.15) is 0 Å². The topological polar surface area (TPSA) is 69.6 Å². The molecule has 0 spiro atoms. The van der Waals surface area contributed by atoms with Crippen LogP contribution in [0.5, 0.6) is 0 Å². The Kier molecular flexibility index (Phi) is 4.38. The second-order valence-electron chi connectivity index (χ2n) is 8.03. The molecule has 3 rings (SSSR count). The molecule has 0 saturated carbocycles. The zero-order valence-electron chi connectivity index (χ0n) is 14.6. The van der Waals surface area contributed by atoms with E-state index in [1.807, 2.05) is 24.3 Å². The number of anilines is 1. The lowest BCUT2D eigenvalue weighted by molar-refractivity contribution is -0.142. The highest BCUT2D eigenvalue weighted by Crippen LogP contribution is 2.41. The average Bonchev–Trinajstić information content (AvgIpc) is 3.04. The molecule has 130 valence electrons. The van der Waals surface area contributed by atoms with Crippen LogP contribution < -0.4 is 5.32 Å². The first-order valence-electron chi connectivity index (χ1n) is 8.64. The number of aliphatic carboxylic acids is 1. The van der Waals surface area contributed by atoms with Gasteiger partial charge in [-0.15, -0.1) is 0 Å². The van der Waals surface area contributed by atoms with E-state index in [-0.39, 0.29) is 35.9 Å². The molecule has 2 aliphatic rings. The Morgan fingerprint density at radius 3 is 2.42 bits per heavy atom. The molecule has 2 saturated heterocycles. The number of hydrogen-bond donors (Lipinski definition) is 2. The molecule has 3 atom stereocenters. The van der Waals surface area contributed by atoms with Crippen molar-refractivity contribution in [2.24, 2.45) is 5.92 Å². The van der Waals surface area contributed by atoms with Crippen molar-refractivity contribution >= 4 is 17.6 Å². The first-order chi connectivity index (χ1) is 11.3. The molecule has 2 N–H and O–H groups in total. The normalized spacial score (nSPS) is 26.5. The summed E-state index contributed by atoms with van der Waals surface area (Å²) in [5.41, 5.74) is 2.10. The van der Waals surface area contributed by atoms with E-state index in [0.717, 1.165) is 18.5 Å². The van der Waals surface area contributed by atoms with E-state index in [1.54, 1.807) is 0 Å². The fraction of sp³-hybridized carbons (Fsp3) is 0.579. The third kappa shape index (κ3) is 3.31. The van der Waals surface area contributed by atoms with Gasteiger partial charge in [0.25, 0.3) is 0 Å². The summed E-state index contributed by atoms with van der Waals surface area (Å²) in [6.07, 6.45) is 2.56. The fourth-order valence-electron chi connectivity index (χ4n) is 4.03. The summed E-state index contributed by atoms with van der Waals surface area (Å²) in [6, 6.07) is 8.19. The maximum atomic E-state index is 12.3. The van der Waals surface area contributed by atoms with Crippen molar-refractivity contribution in [1.82, 2.24) is 4.90 Å². The van der Waals surface area contributed by atoms with Gasteiger partial charge in [0.05, 0.1) is 12.5 Å². The summed E-state index contributed by atoms with van der Waals surface area (Å²) in [5.74, 6) is -1.12. The number of carbonyl (C=O) groups excluding carboxylic acids is 1. The van der Waals surface area contributed by atoms with Gasteiger partial charge in [-0.1, -0.05) is 32.9 Å². The van der Waals surface area contributed by atoms with Crippen LogP contribution >= 0.6 is 0 Å². The van der Waals surface area contributed by atoms with Crippen LogP contribution in [0, 0.1) is 5.92 Å². The van der Waals surface area contributed by atoms with Crippen molar-refractivity contribution in [2.45, 2.75) is 57.5 Å². The van der Waals surface area contributed by atoms with Gasteiger partial charge in [-0.3, -0.25) is 14.5 Å². The van der Waals surface area contributed by atoms with E-state index >= 15 is 0 Å². The zero-order chi connectivity index (χ0) is 17.5. The standard InChI is InChI=1S/C19H26N2O3/c1-19(2,3)12-4-6-13(7-5-12)20-17(22)11-21-14-8-9-16(21)15(10-14)18(23)24/h4-7,14-16H,8-11H2,1-3H3,(H,20,22)(H,23,24). The molecule has 0 radical (unpaired) electrons. The molecule has 5 nitrogen and oxygen atoms in total. The van der Waals surface area contributed by atoms with Crippen LogP contribution in [0.4, 0.5) is 5.69 Å². The maximum Gasteiger partial charge on any atom is 0.308 e. The zero-order valence-corrected chi connectivity index (χ0v) is 14.6. The number of nitrogens with zero attached hydrogens (tertiary/aromatic N) is 1. The summed E-state index contributed by atoms with van der Waals surface area (Å²) in [5, 5.41) is 12.2. The number of carboxylic acid groups (broad SMARTS) is 1. The molecule has 2 bridgehead atoms. The molecule has 24 heavy (non-hydrogen) atoms. The molecule has 3 unspecified atom stereocenters. The van der Waals surface area contributed by atoms with Crippen LogP contribution in [0.3, 0.4) is 0 Å². The number of carbonyl (C=O) groups is 2. The molecule has 0 aliphatic carbocycles. The number of benzene rings is 1. The third-order valence-corrected chi connectivity index (χ3v) is 5.36. The van der Waals surface area contributed by atoms with Gasteiger partial charge in [-0.25, -0.2) is 0 Å². The van der Waals surface area contributed by atoms with Gasteiger partial charge >= 0.3 is 5.97 Å². The minimum absolute atomic E-state index is 0.0153. The number of amides is 1. The molecule has 2 aliphatic heterocycles. The monoisotopic (exact) mass is 330 g/mol. The predicted octanol–water partition coefficient (Wildman–Crippen LogP) is 2.86. The van der Waals surface area contributed by atoms with Gasteiger partial charge in [0.2, 0.25) is 5.91 Å². The molecule has 2 fully saturated rings. The Bertz CT molecular complexity index is 633. The SMILES string of the molecule is CC(C)(C)c1ccc(NC(=O)CN2C3CCC2C(C(=O)O)C3)cc1. The van der Waals surface area contributed by atoms with Gasteiger partial charge < -0.3 is 10.4 Å². The molecule has 2 heterocycles. The predicted molar refractivity (Wildman–Crippen MR) is 93.0 cm³/mol. The van der Waals surface area contributed by atoms with Gasteiger partial charge in [0, 0.05) is 17.8 Å². The van der Waals surface area contributed by atoms with Crippen molar-refractivity contribution in [1.29, 1.82) is 0 Å². The lowest BCUT2D eigenvalue weighted by atomic mass is 9.87. The van der Waals surface area contributed by atoms with Crippen molar-refractivity contribution in [3.8, 4) is 0 Å². The fourth-order valence-corrected chi connectivity index (χ4v) is 4.03. The van der Waals surface area contributed by atoms with Gasteiger partial charge in [-0.2, -0.15) is 0 Å². The molecule has 0 aromatic heterocycles. The van der Waals surface area contributed by atoms with Gasteiger partial charge in [-0.05, 0) is 42.4 Å². The quantitative estimate of drug-likeness (QED) is 0.891. The van der Waals surface area contributed by atoms with Crippen LogP contribution in [0.25, 0.3) is 0 Å². The van der Waals surface area contributed by atoms with E-state index in [4.69, 9.17) is 0 Å². The third-order valence-electron chi connectivity index (χ3n) is 5.36. The summed E-state index contributed by atoms with van der Waals surface area (Å²) in [7, 11) is 0. The Hall–Kier alpha value is -1.88. The first-order valence-corrected chi connectivity index (χ1v) is 8.64. The summed E-state index contributed by atoms with van der Waals surface area (Å²) < 4.78 is 0. The van der Waals surface area contributed by atoms with Crippen LogP contribution in [0.2, 0.25) is 0 Å². The first kappa shape index (κ1) is 17.0. The molecule has 1 aromatic carbocycles. The number of carboxylic acids is 1. The second-order valence-corrected chi connectivity index (χ2v) is 8.03. The van der Waals surface area contributed by atoms with E-state index in [1.165, 1.54) is 5.56 Å². The Morgan fingerprint density at radius 2 is 1.88 bits per heavy atom. The molecular formula is C19H26N2O3. The van der Waals surface area contributed by atoms with Crippen LogP contribution in [0.15, 0.2) is 24.3 Å². The minimum atomic E-state index is -0.731. The molecule has 1 aromatic rings. The second kappa shape index (κ2) is 6.20. The van der Waals surface area contributed by atoms with Crippen LogP contribution in [0.1, 0.15) is 45.6 Å². The van der Waals surface area contributed by atoms with Crippen molar-refractivity contribution in [3.05, 3.63) is 29.8 Å². The van der Waals surface area contributed by atoms with Crippen molar-refractivity contribution < 1.29 is 14.7 Å². The Morgan fingerprint density at radius 1 is 1.21 bits per heavy atom. The number of nitrogens with one attached hydrogen (secondary N) is 1. The highest BCUT2D eigenvalue weighted by Gasteiger charge is 2.49. The summed E-state index contributed by atoms with van der Waals surface area (Å²) >= 11 is 0. The Labute approximate surface area is 143 Å². The van der Waals surface area contributed by atoms with Crippen molar-refractivity contribution in [2.75, 3.05) is 11.9 Å². The highest BCUT2D eigenvalue weighted by molar-refractivity contribution is 5.92. The number of rotatable bonds is 4. The largest absolute Gasteiger partial charge is 0.481 e. The number of hydrogen-bond acceptors (Lipinski definition) is 3. The highest BCUT2D eigenvalue weighted by atomic mass is 16.4. The Balaban J connectivity index is 1.59. The summed E-state index contributed by atoms with van der Waals surface area (Å²) in [6.45, 7) is 6.74. The molecule has 5 heteroatoms. The lowest BCUT2D eigenvalue weighted by Gasteiger charge is -2.22. The smallest absolute Gasteiger partial charge is 0.308 e. The van der Waals surface area contributed by atoms with E-state index in [9.17, 15) is 14.7 Å². The average molecular weight is 330 g/mol. The minimum Gasteiger partial charge on any atom is -0.481 e.